The first-order valence-corrected chi connectivity index (χ1v) is 15.3. The Hall–Kier alpha value is -4.19. The lowest BCUT2D eigenvalue weighted by molar-refractivity contribution is -0.120. The van der Waals surface area contributed by atoms with Gasteiger partial charge >= 0.3 is 6.03 Å². The number of nitrogens with one attached hydrogen (secondary N) is 2. The van der Waals surface area contributed by atoms with E-state index in [4.69, 9.17) is 14.5 Å². The Morgan fingerprint density at radius 1 is 1.09 bits per heavy atom. The van der Waals surface area contributed by atoms with Gasteiger partial charge < -0.3 is 24.6 Å². The van der Waals surface area contributed by atoms with Crippen molar-refractivity contribution in [1.82, 2.24) is 35.1 Å². The standard InChI is InChI=1S/C31H40N8O4/c1-22-17-28(35-30(34-22)37-13-10-33-21-37)38-14-11-32-20-25(38)19-29(40)36-31(41)39(24-5-3-2-4-6-24)12-9-23-7-8-26-27(18-23)43-16-15-42-26/h7-8,10,13,17-18,21,24-25,32H,2-6,9,11-12,14-16,19-20H2,1H3,(H,36,40,41). The lowest BCUT2D eigenvalue weighted by Gasteiger charge is -2.37. The number of carbonyl (C=O) groups excluding carboxylic acids is 2. The summed E-state index contributed by atoms with van der Waals surface area (Å²) in [6, 6.07) is 7.53. The number of nitrogens with zero attached hydrogens (tertiary/aromatic N) is 6. The number of hydrogen-bond donors (Lipinski definition) is 2. The van der Waals surface area contributed by atoms with Crippen LogP contribution in [0.2, 0.25) is 0 Å². The molecular weight excluding hydrogens is 548 g/mol. The van der Waals surface area contributed by atoms with Crippen LogP contribution in [0.5, 0.6) is 11.5 Å². The molecule has 4 heterocycles. The molecule has 12 nitrogen and oxygen atoms in total. The molecule has 1 unspecified atom stereocenters. The quantitative estimate of drug-likeness (QED) is 0.408. The van der Waals surface area contributed by atoms with Gasteiger partial charge in [-0.2, -0.15) is 4.98 Å². The second-order valence-corrected chi connectivity index (χ2v) is 11.5. The van der Waals surface area contributed by atoms with Crippen LogP contribution in [0.3, 0.4) is 0 Å². The fourth-order valence-electron chi connectivity index (χ4n) is 6.21. The summed E-state index contributed by atoms with van der Waals surface area (Å²) in [5.74, 6) is 2.50. The average molecular weight is 589 g/mol. The van der Waals surface area contributed by atoms with Gasteiger partial charge in [0.2, 0.25) is 11.9 Å². The molecule has 0 radical (unpaired) electrons. The maximum atomic E-state index is 13.6. The van der Waals surface area contributed by atoms with E-state index >= 15 is 0 Å². The summed E-state index contributed by atoms with van der Waals surface area (Å²) in [6.45, 7) is 5.62. The second kappa shape index (κ2) is 13.4. The van der Waals surface area contributed by atoms with Gasteiger partial charge in [-0.15, -0.1) is 0 Å². The van der Waals surface area contributed by atoms with Crippen molar-refractivity contribution < 1.29 is 19.1 Å². The number of ether oxygens (including phenoxy) is 2. The minimum Gasteiger partial charge on any atom is -0.486 e. The molecule has 2 fully saturated rings. The maximum Gasteiger partial charge on any atom is 0.324 e. The van der Waals surface area contributed by atoms with Crippen LogP contribution in [0.4, 0.5) is 10.6 Å². The Labute approximate surface area is 251 Å². The topological polar surface area (TPSA) is 127 Å². The Kier molecular flexibility index (Phi) is 9.01. The first-order valence-electron chi connectivity index (χ1n) is 15.3. The van der Waals surface area contributed by atoms with Crippen molar-refractivity contribution in [1.29, 1.82) is 0 Å². The van der Waals surface area contributed by atoms with E-state index in [-0.39, 0.29) is 30.4 Å². The van der Waals surface area contributed by atoms with Crippen LogP contribution in [-0.4, -0.2) is 87.8 Å². The summed E-state index contributed by atoms with van der Waals surface area (Å²) in [5.41, 5.74) is 1.90. The fourth-order valence-corrected chi connectivity index (χ4v) is 6.21. The molecule has 6 rings (SSSR count). The number of rotatable bonds is 8. The fraction of sp³-hybridized carbons (Fsp3) is 0.516. The van der Waals surface area contributed by atoms with Gasteiger partial charge in [-0.1, -0.05) is 25.3 Å². The number of aromatic nitrogens is 4. The van der Waals surface area contributed by atoms with Gasteiger partial charge in [-0.05, 0) is 43.9 Å². The van der Waals surface area contributed by atoms with Crippen molar-refractivity contribution in [3.63, 3.8) is 0 Å². The van der Waals surface area contributed by atoms with Gasteiger partial charge in [0.15, 0.2) is 11.5 Å². The molecule has 228 valence electrons. The normalized spacial score (nSPS) is 18.7. The van der Waals surface area contributed by atoms with E-state index in [1.807, 2.05) is 36.1 Å². The molecule has 12 heteroatoms. The Morgan fingerprint density at radius 3 is 2.74 bits per heavy atom. The zero-order valence-electron chi connectivity index (χ0n) is 24.7. The molecule has 1 aliphatic carbocycles. The molecular formula is C31H40N8O4. The van der Waals surface area contributed by atoms with E-state index in [2.05, 4.69) is 25.5 Å². The lowest BCUT2D eigenvalue weighted by atomic mass is 9.94. The molecule has 3 aromatic rings. The molecule has 2 aromatic heterocycles. The molecule has 1 atom stereocenters. The summed E-state index contributed by atoms with van der Waals surface area (Å²) in [5, 5.41) is 6.12. The van der Waals surface area contributed by atoms with Crippen LogP contribution in [0.15, 0.2) is 43.0 Å². The van der Waals surface area contributed by atoms with Gasteiger partial charge in [-0.25, -0.2) is 14.8 Å². The number of urea groups is 1. The van der Waals surface area contributed by atoms with Crippen molar-refractivity contribution in [3.05, 3.63) is 54.2 Å². The third-order valence-electron chi connectivity index (χ3n) is 8.40. The van der Waals surface area contributed by atoms with Gasteiger partial charge in [0.1, 0.15) is 25.4 Å². The molecule has 43 heavy (non-hydrogen) atoms. The van der Waals surface area contributed by atoms with Gasteiger partial charge in [0.05, 0.1) is 6.04 Å². The van der Waals surface area contributed by atoms with E-state index < -0.39 is 0 Å². The predicted molar refractivity (Wildman–Crippen MR) is 161 cm³/mol. The van der Waals surface area contributed by atoms with Gasteiger partial charge in [-0.3, -0.25) is 14.7 Å². The number of anilines is 1. The van der Waals surface area contributed by atoms with E-state index in [9.17, 15) is 9.59 Å². The Morgan fingerprint density at radius 2 is 1.93 bits per heavy atom. The zero-order valence-corrected chi connectivity index (χ0v) is 24.7. The van der Waals surface area contributed by atoms with Gasteiger partial charge in [0, 0.05) is 62.8 Å². The van der Waals surface area contributed by atoms with Crippen LogP contribution in [0.25, 0.3) is 5.95 Å². The molecule has 3 amide bonds. The van der Waals surface area contributed by atoms with Crippen molar-refractivity contribution in [2.75, 3.05) is 44.3 Å². The lowest BCUT2D eigenvalue weighted by Crippen LogP contribution is -2.55. The smallest absolute Gasteiger partial charge is 0.324 e. The number of fused-ring (bicyclic) bond motifs is 1. The monoisotopic (exact) mass is 588 g/mol. The van der Waals surface area contributed by atoms with E-state index in [0.717, 1.165) is 60.8 Å². The van der Waals surface area contributed by atoms with Crippen molar-refractivity contribution >= 4 is 17.8 Å². The summed E-state index contributed by atoms with van der Waals surface area (Å²) in [4.78, 5) is 44.4. The Bertz CT molecular complexity index is 1410. The molecule has 1 saturated heterocycles. The summed E-state index contributed by atoms with van der Waals surface area (Å²) in [7, 11) is 0. The molecule has 2 N–H and O–H groups in total. The molecule has 1 saturated carbocycles. The van der Waals surface area contributed by atoms with Crippen molar-refractivity contribution in [3.8, 4) is 17.4 Å². The van der Waals surface area contributed by atoms with E-state index in [1.54, 1.807) is 23.3 Å². The maximum absolute atomic E-state index is 13.6. The molecule has 0 spiro atoms. The van der Waals surface area contributed by atoms with E-state index in [1.165, 1.54) is 6.42 Å². The summed E-state index contributed by atoms with van der Waals surface area (Å²) >= 11 is 0. The van der Waals surface area contributed by atoms with Crippen LogP contribution < -0.4 is 25.0 Å². The molecule has 0 bridgehead atoms. The van der Waals surface area contributed by atoms with Crippen LogP contribution in [-0.2, 0) is 11.2 Å². The van der Waals surface area contributed by atoms with Crippen molar-refractivity contribution in [2.45, 2.75) is 64.0 Å². The highest BCUT2D eigenvalue weighted by Crippen LogP contribution is 2.31. The molecule has 2 aliphatic heterocycles. The number of imide groups is 1. The first kappa shape index (κ1) is 28.9. The predicted octanol–water partition coefficient (Wildman–Crippen LogP) is 3.02. The van der Waals surface area contributed by atoms with Crippen LogP contribution >= 0.6 is 0 Å². The number of hydrogen-bond acceptors (Lipinski definition) is 9. The minimum absolute atomic E-state index is 0.122. The highest BCUT2D eigenvalue weighted by atomic mass is 16.6. The SMILES string of the molecule is Cc1cc(N2CCNCC2CC(=O)NC(=O)N(CCc2ccc3c(c2)OCCO3)C2CCCCC2)nc(-n2ccnc2)n1. The highest BCUT2D eigenvalue weighted by Gasteiger charge is 2.30. The van der Waals surface area contributed by atoms with Crippen molar-refractivity contribution in [2.24, 2.45) is 0 Å². The number of benzene rings is 1. The summed E-state index contributed by atoms with van der Waals surface area (Å²) < 4.78 is 13.2. The van der Waals surface area contributed by atoms with Crippen LogP contribution in [0.1, 0.15) is 49.8 Å². The number of imidazole rings is 1. The largest absolute Gasteiger partial charge is 0.486 e. The van der Waals surface area contributed by atoms with Crippen LogP contribution in [0, 0.1) is 6.92 Å². The molecule has 1 aromatic carbocycles. The average Bonchev–Trinajstić information content (AvgIpc) is 3.57. The third kappa shape index (κ3) is 7.07. The van der Waals surface area contributed by atoms with E-state index in [0.29, 0.717) is 45.2 Å². The number of aryl methyl sites for hydroxylation is 1. The zero-order chi connectivity index (χ0) is 29.6. The number of piperazine rings is 1. The summed E-state index contributed by atoms with van der Waals surface area (Å²) in [6.07, 6.45) is 11.3. The minimum atomic E-state index is -0.315. The first-order chi connectivity index (χ1) is 21.0. The molecule has 3 aliphatic rings. The van der Waals surface area contributed by atoms with Gasteiger partial charge in [0.25, 0.3) is 0 Å². The number of carbonyl (C=O) groups is 2. The highest BCUT2D eigenvalue weighted by molar-refractivity contribution is 5.94. The Balaban J connectivity index is 1.12. The number of amides is 3. The second-order valence-electron chi connectivity index (χ2n) is 11.5. The third-order valence-corrected chi connectivity index (χ3v) is 8.40.